The minimum Gasteiger partial charge on any atom is -0.329 e. The lowest BCUT2D eigenvalue weighted by atomic mass is 9.95. The average molecular weight is 294 g/mol. The molecule has 0 spiro atoms. The van der Waals surface area contributed by atoms with E-state index < -0.39 is 9.84 Å². The molecule has 110 valence electrons. The van der Waals surface area contributed by atoms with E-state index in [0.717, 1.165) is 25.9 Å². The average Bonchev–Trinajstić information content (AvgIpc) is 2.62. The number of nitrogens with two attached hydrogens (primary N) is 1. The largest absolute Gasteiger partial charge is 0.329 e. The fourth-order valence-corrected chi connectivity index (χ4v) is 5.64. The highest BCUT2D eigenvalue weighted by Crippen LogP contribution is 2.32. The fourth-order valence-electron chi connectivity index (χ4n) is 3.54. The molecule has 0 radical (unpaired) electrons. The molecule has 20 heavy (non-hydrogen) atoms. The Kier molecular flexibility index (Phi) is 3.60. The summed E-state index contributed by atoms with van der Waals surface area (Å²) < 4.78 is 23.8. The van der Waals surface area contributed by atoms with Crippen molar-refractivity contribution in [1.82, 2.24) is 4.90 Å². The van der Waals surface area contributed by atoms with Gasteiger partial charge in [0.15, 0.2) is 9.84 Å². The van der Waals surface area contributed by atoms with Crippen LogP contribution in [-0.4, -0.2) is 43.5 Å². The third kappa shape index (κ3) is 2.50. The lowest BCUT2D eigenvalue weighted by Gasteiger charge is -2.39. The summed E-state index contributed by atoms with van der Waals surface area (Å²) in [5, 5.41) is 0. The molecule has 1 fully saturated rings. The summed E-state index contributed by atoms with van der Waals surface area (Å²) in [6.07, 6.45) is 2.81. The minimum atomic E-state index is -2.93. The van der Waals surface area contributed by atoms with E-state index in [1.807, 2.05) is 0 Å². The van der Waals surface area contributed by atoms with Crippen LogP contribution in [0.25, 0.3) is 0 Å². The number of hydrogen-bond donors (Lipinski definition) is 1. The summed E-state index contributed by atoms with van der Waals surface area (Å²) >= 11 is 0. The van der Waals surface area contributed by atoms with E-state index in [2.05, 4.69) is 29.2 Å². The molecule has 0 aromatic heterocycles. The van der Waals surface area contributed by atoms with Crippen LogP contribution in [0.5, 0.6) is 0 Å². The molecule has 2 aliphatic heterocycles. The second-order valence-corrected chi connectivity index (χ2v) is 8.25. The van der Waals surface area contributed by atoms with Crippen LogP contribution in [0.2, 0.25) is 0 Å². The number of fused-ring (bicyclic) bond motifs is 1. The van der Waals surface area contributed by atoms with Gasteiger partial charge in [0.1, 0.15) is 0 Å². The Hall–Kier alpha value is -0.910. The molecule has 0 bridgehead atoms. The van der Waals surface area contributed by atoms with Crippen LogP contribution < -0.4 is 5.73 Å². The quantitative estimate of drug-likeness (QED) is 0.882. The van der Waals surface area contributed by atoms with E-state index in [1.165, 1.54) is 11.1 Å². The van der Waals surface area contributed by atoms with Crippen LogP contribution in [0.1, 0.15) is 24.0 Å². The molecule has 2 aliphatic rings. The zero-order valence-corrected chi connectivity index (χ0v) is 12.5. The second-order valence-electron chi connectivity index (χ2n) is 6.06. The second kappa shape index (κ2) is 5.13. The molecule has 1 unspecified atom stereocenters. The van der Waals surface area contributed by atoms with Crippen molar-refractivity contribution in [2.75, 3.05) is 24.6 Å². The van der Waals surface area contributed by atoms with Crippen LogP contribution in [0.3, 0.4) is 0 Å². The molecule has 1 atom stereocenters. The van der Waals surface area contributed by atoms with Gasteiger partial charge in [-0.25, -0.2) is 8.42 Å². The third-order valence-electron chi connectivity index (χ3n) is 4.77. The van der Waals surface area contributed by atoms with Crippen molar-refractivity contribution in [2.45, 2.75) is 31.3 Å². The van der Waals surface area contributed by atoms with Crippen LogP contribution in [-0.2, 0) is 22.8 Å². The number of nitrogens with zero attached hydrogens (tertiary/aromatic N) is 1. The molecule has 2 N–H and O–H groups in total. The molecule has 5 heteroatoms. The molecule has 0 aliphatic carbocycles. The predicted octanol–water partition coefficient (Wildman–Crippen LogP) is 0.951. The monoisotopic (exact) mass is 294 g/mol. The van der Waals surface area contributed by atoms with Crippen LogP contribution in [0.15, 0.2) is 24.3 Å². The highest BCUT2D eigenvalue weighted by Gasteiger charge is 2.45. The first-order valence-electron chi connectivity index (χ1n) is 7.27. The number of benzene rings is 1. The van der Waals surface area contributed by atoms with E-state index in [0.29, 0.717) is 13.0 Å². The molecule has 1 aromatic rings. The first kappa shape index (κ1) is 14.0. The molecular formula is C15H22N2O2S. The molecule has 0 amide bonds. The molecule has 4 nitrogen and oxygen atoms in total. The van der Waals surface area contributed by atoms with Crippen molar-refractivity contribution in [1.29, 1.82) is 0 Å². The Labute approximate surface area is 120 Å². The number of rotatable bonds is 2. The Morgan fingerprint density at radius 1 is 1.25 bits per heavy atom. The summed E-state index contributed by atoms with van der Waals surface area (Å²) in [6.45, 7) is 2.18. The Morgan fingerprint density at radius 2 is 2.00 bits per heavy atom. The standard InChI is InChI=1S/C15H22N2O2S/c16-11-15(7-9-20(18,19)12-15)17-8-3-6-13-4-1-2-5-14(13)10-17/h1-2,4-5H,3,6-12,16H2. The normalized spacial score (nSPS) is 29.9. The number of hydrogen-bond acceptors (Lipinski definition) is 4. The molecule has 0 saturated carbocycles. The summed E-state index contributed by atoms with van der Waals surface area (Å²) in [5.74, 6) is 0.501. The third-order valence-corrected chi connectivity index (χ3v) is 6.57. The number of sulfone groups is 1. The van der Waals surface area contributed by atoms with Gasteiger partial charge >= 0.3 is 0 Å². The molecular weight excluding hydrogens is 272 g/mol. The van der Waals surface area contributed by atoms with Crippen molar-refractivity contribution in [3.8, 4) is 0 Å². The van der Waals surface area contributed by atoms with Gasteiger partial charge in [-0.1, -0.05) is 24.3 Å². The van der Waals surface area contributed by atoms with E-state index in [4.69, 9.17) is 5.73 Å². The van der Waals surface area contributed by atoms with E-state index in [1.54, 1.807) is 0 Å². The molecule has 1 aromatic carbocycles. The smallest absolute Gasteiger partial charge is 0.152 e. The van der Waals surface area contributed by atoms with E-state index in [9.17, 15) is 8.42 Å². The fraction of sp³-hybridized carbons (Fsp3) is 0.600. The summed E-state index contributed by atoms with van der Waals surface area (Å²) in [4.78, 5) is 2.32. The lowest BCUT2D eigenvalue weighted by molar-refractivity contribution is 0.109. The van der Waals surface area contributed by atoms with Gasteiger partial charge in [-0.05, 0) is 36.9 Å². The van der Waals surface area contributed by atoms with Gasteiger partial charge in [-0.3, -0.25) is 4.90 Å². The maximum absolute atomic E-state index is 11.9. The SMILES string of the molecule is NCC1(N2CCCc3ccccc3C2)CCS(=O)(=O)C1. The Balaban J connectivity index is 1.90. The van der Waals surface area contributed by atoms with Crippen molar-refractivity contribution in [3.05, 3.63) is 35.4 Å². The van der Waals surface area contributed by atoms with Crippen molar-refractivity contribution >= 4 is 9.84 Å². The van der Waals surface area contributed by atoms with Gasteiger partial charge in [-0.15, -0.1) is 0 Å². The van der Waals surface area contributed by atoms with Crippen molar-refractivity contribution < 1.29 is 8.42 Å². The van der Waals surface area contributed by atoms with Gasteiger partial charge in [0.25, 0.3) is 0 Å². The first-order chi connectivity index (χ1) is 9.55. The van der Waals surface area contributed by atoms with E-state index >= 15 is 0 Å². The predicted molar refractivity (Wildman–Crippen MR) is 80.2 cm³/mol. The maximum atomic E-state index is 11.9. The molecule has 1 saturated heterocycles. The molecule has 3 rings (SSSR count). The topological polar surface area (TPSA) is 63.4 Å². The van der Waals surface area contributed by atoms with Crippen molar-refractivity contribution in [3.63, 3.8) is 0 Å². The van der Waals surface area contributed by atoms with Gasteiger partial charge in [0, 0.05) is 18.6 Å². The Bertz CT molecular complexity index is 600. The minimum absolute atomic E-state index is 0.221. The van der Waals surface area contributed by atoms with Gasteiger partial charge < -0.3 is 5.73 Å². The van der Waals surface area contributed by atoms with Crippen LogP contribution in [0.4, 0.5) is 0 Å². The first-order valence-corrected chi connectivity index (χ1v) is 9.09. The number of aryl methyl sites for hydroxylation is 1. The molecule has 2 heterocycles. The van der Waals surface area contributed by atoms with Crippen molar-refractivity contribution in [2.24, 2.45) is 5.73 Å². The van der Waals surface area contributed by atoms with Gasteiger partial charge in [-0.2, -0.15) is 0 Å². The van der Waals surface area contributed by atoms with Crippen LogP contribution >= 0.6 is 0 Å². The highest BCUT2D eigenvalue weighted by molar-refractivity contribution is 7.91. The van der Waals surface area contributed by atoms with E-state index in [-0.39, 0.29) is 17.0 Å². The van der Waals surface area contributed by atoms with Gasteiger partial charge in [0.05, 0.1) is 11.5 Å². The van der Waals surface area contributed by atoms with Crippen LogP contribution in [0, 0.1) is 0 Å². The Morgan fingerprint density at radius 3 is 2.65 bits per heavy atom. The zero-order valence-electron chi connectivity index (χ0n) is 11.7. The highest BCUT2D eigenvalue weighted by atomic mass is 32.2. The summed E-state index contributed by atoms with van der Waals surface area (Å²) in [7, 11) is -2.93. The zero-order chi connectivity index (χ0) is 14.2. The lowest BCUT2D eigenvalue weighted by Crippen LogP contribution is -2.54. The maximum Gasteiger partial charge on any atom is 0.152 e. The summed E-state index contributed by atoms with van der Waals surface area (Å²) in [6, 6.07) is 8.47. The summed E-state index contributed by atoms with van der Waals surface area (Å²) in [5.41, 5.74) is 8.35. The van der Waals surface area contributed by atoms with Gasteiger partial charge in [0.2, 0.25) is 0 Å².